The zero-order chi connectivity index (χ0) is 22.7. The highest BCUT2D eigenvalue weighted by atomic mass is 35.5. The van der Waals surface area contributed by atoms with Crippen molar-refractivity contribution in [2.45, 2.75) is 6.42 Å². The zero-order valence-corrected chi connectivity index (χ0v) is 18.0. The van der Waals surface area contributed by atoms with E-state index in [1.807, 2.05) is 30.3 Å². The second-order valence-corrected chi connectivity index (χ2v) is 7.66. The van der Waals surface area contributed by atoms with E-state index in [1.165, 1.54) is 36.3 Å². The van der Waals surface area contributed by atoms with Gasteiger partial charge in [0.05, 0.1) is 18.4 Å². The summed E-state index contributed by atoms with van der Waals surface area (Å²) in [6.45, 7) is 0.213. The topological polar surface area (TPSA) is 58.6 Å². The SMILES string of the molecule is COc1ccc(Cl)cc1NC1=C(c2ccc(F)cc2)C(=O)N(CCc2ccccc2)C1=O. The Balaban J connectivity index is 1.71. The maximum atomic E-state index is 13.5. The monoisotopic (exact) mass is 450 g/mol. The normalized spacial score (nSPS) is 13.7. The van der Waals surface area contributed by atoms with Crippen LogP contribution in [0.3, 0.4) is 0 Å². The van der Waals surface area contributed by atoms with Gasteiger partial charge in [0.15, 0.2) is 0 Å². The first kappa shape index (κ1) is 21.6. The molecule has 0 bridgehead atoms. The predicted molar refractivity (Wildman–Crippen MR) is 122 cm³/mol. The number of carbonyl (C=O) groups excluding carboxylic acids is 2. The molecular formula is C25H20ClFN2O3. The number of anilines is 1. The molecule has 0 aromatic heterocycles. The molecular weight excluding hydrogens is 431 g/mol. The van der Waals surface area contributed by atoms with Crippen molar-refractivity contribution in [1.82, 2.24) is 4.90 Å². The Bertz CT molecular complexity index is 1190. The number of amides is 2. The van der Waals surface area contributed by atoms with Crippen LogP contribution in [-0.4, -0.2) is 30.4 Å². The van der Waals surface area contributed by atoms with Gasteiger partial charge < -0.3 is 10.1 Å². The minimum Gasteiger partial charge on any atom is -0.495 e. The van der Waals surface area contributed by atoms with Crippen molar-refractivity contribution in [2.24, 2.45) is 0 Å². The fourth-order valence-electron chi connectivity index (χ4n) is 3.58. The zero-order valence-electron chi connectivity index (χ0n) is 17.3. The smallest absolute Gasteiger partial charge is 0.278 e. The van der Waals surface area contributed by atoms with Crippen molar-refractivity contribution in [1.29, 1.82) is 0 Å². The number of methoxy groups -OCH3 is 1. The fraction of sp³-hybridized carbons (Fsp3) is 0.120. The molecule has 5 nitrogen and oxygen atoms in total. The minimum atomic E-state index is -0.465. The van der Waals surface area contributed by atoms with E-state index in [2.05, 4.69) is 5.32 Å². The Morgan fingerprint density at radius 3 is 2.38 bits per heavy atom. The third kappa shape index (κ3) is 4.36. The van der Waals surface area contributed by atoms with Crippen LogP contribution in [0.15, 0.2) is 78.5 Å². The molecule has 0 saturated heterocycles. The standard InChI is InChI=1S/C25H20ClFN2O3/c1-32-21-12-9-18(26)15-20(21)28-23-22(17-7-10-19(27)11-8-17)24(30)29(25(23)31)14-13-16-5-3-2-4-6-16/h2-12,15,28H,13-14H2,1H3. The molecule has 0 spiro atoms. The van der Waals surface area contributed by atoms with Crippen LogP contribution >= 0.6 is 11.6 Å². The van der Waals surface area contributed by atoms with Crippen LogP contribution in [0.4, 0.5) is 10.1 Å². The molecule has 0 aliphatic carbocycles. The van der Waals surface area contributed by atoms with E-state index >= 15 is 0 Å². The lowest BCUT2D eigenvalue weighted by molar-refractivity contribution is -0.136. The Kier molecular flexibility index (Phi) is 6.23. The third-order valence-electron chi connectivity index (χ3n) is 5.19. The van der Waals surface area contributed by atoms with E-state index in [4.69, 9.17) is 16.3 Å². The third-order valence-corrected chi connectivity index (χ3v) is 5.42. The molecule has 162 valence electrons. The van der Waals surface area contributed by atoms with Gasteiger partial charge in [-0.2, -0.15) is 0 Å². The predicted octanol–water partition coefficient (Wildman–Crippen LogP) is 4.92. The van der Waals surface area contributed by atoms with E-state index in [-0.39, 0.29) is 17.8 Å². The fourth-order valence-corrected chi connectivity index (χ4v) is 3.75. The highest BCUT2D eigenvalue weighted by Gasteiger charge is 2.39. The van der Waals surface area contributed by atoms with Crippen molar-refractivity contribution >= 4 is 34.7 Å². The average molecular weight is 451 g/mol. The number of imide groups is 1. The number of nitrogens with one attached hydrogen (secondary N) is 1. The highest BCUT2D eigenvalue weighted by Crippen LogP contribution is 2.34. The Morgan fingerprint density at radius 2 is 1.69 bits per heavy atom. The molecule has 32 heavy (non-hydrogen) atoms. The quantitative estimate of drug-likeness (QED) is 0.519. The lowest BCUT2D eigenvalue weighted by atomic mass is 10.0. The molecule has 0 atom stereocenters. The van der Waals surface area contributed by atoms with Gasteiger partial charge in [0, 0.05) is 11.6 Å². The molecule has 0 saturated carbocycles. The molecule has 3 aromatic carbocycles. The summed E-state index contributed by atoms with van der Waals surface area (Å²) in [7, 11) is 1.50. The number of hydrogen-bond donors (Lipinski definition) is 1. The molecule has 0 radical (unpaired) electrons. The van der Waals surface area contributed by atoms with Crippen LogP contribution in [0, 0.1) is 5.82 Å². The molecule has 1 N–H and O–H groups in total. The van der Waals surface area contributed by atoms with Crippen LogP contribution < -0.4 is 10.1 Å². The number of nitrogens with zero attached hydrogens (tertiary/aromatic N) is 1. The van der Waals surface area contributed by atoms with Crippen molar-refractivity contribution in [2.75, 3.05) is 19.0 Å². The molecule has 1 aliphatic heterocycles. The molecule has 0 unspecified atom stereocenters. The van der Waals surface area contributed by atoms with Gasteiger partial charge in [0.2, 0.25) is 0 Å². The van der Waals surface area contributed by atoms with Crippen molar-refractivity contribution in [3.05, 3.63) is 100 Å². The number of ether oxygens (including phenoxy) is 1. The van der Waals surface area contributed by atoms with Gasteiger partial charge in [-0.15, -0.1) is 0 Å². The van der Waals surface area contributed by atoms with Crippen LogP contribution in [-0.2, 0) is 16.0 Å². The van der Waals surface area contributed by atoms with E-state index in [1.54, 1.807) is 18.2 Å². The first-order valence-electron chi connectivity index (χ1n) is 9.99. The summed E-state index contributed by atoms with van der Waals surface area (Å²) in [4.78, 5) is 27.8. The van der Waals surface area contributed by atoms with Gasteiger partial charge >= 0.3 is 0 Å². The second-order valence-electron chi connectivity index (χ2n) is 7.22. The molecule has 3 aromatic rings. The van der Waals surface area contributed by atoms with Crippen LogP contribution in [0.2, 0.25) is 5.02 Å². The summed E-state index contributed by atoms with van der Waals surface area (Å²) >= 11 is 6.13. The number of halogens is 2. The average Bonchev–Trinajstić information content (AvgIpc) is 3.03. The summed E-state index contributed by atoms with van der Waals surface area (Å²) in [5.41, 5.74) is 2.16. The van der Waals surface area contributed by atoms with Gasteiger partial charge in [0.1, 0.15) is 17.3 Å². The molecule has 4 rings (SSSR count). The first-order valence-corrected chi connectivity index (χ1v) is 10.4. The van der Waals surface area contributed by atoms with E-state index in [0.717, 1.165) is 5.56 Å². The summed E-state index contributed by atoms with van der Waals surface area (Å²) in [5.74, 6) is -0.880. The van der Waals surface area contributed by atoms with Crippen molar-refractivity contribution in [3.63, 3.8) is 0 Å². The minimum absolute atomic E-state index is 0.0928. The largest absolute Gasteiger partial charge is 0.495 e. The van der Waals surface area contributed by atoms with Crippen LogP contribution in [0.25, 0.3) is 5.57 Å². The Labute approximate surface area is 190 Å². The van der Waals surface area contributed by atoms with E-state index in [9.17, 15) is 14.0 Å². The lowest BCUT2D eigenvalue weighted by Crippen LogP contribution is -2.34. The maximum Gasteiger partial charge on any atom is 0.278 e. The van der Waals surface area contributed by atoms with Crippen molar-refractivity contribution < 1.29 is 18.7 Å². The van der Waals surface area contributed by atoms with Gasteiger partial charge in [-0.05, 0) is 47.9 Å². The number of carbonyl (C=O) groups is 2. The lowest BCUT2D eigenvalue weighted by Gasteiger charge is -2.16. The van der Waals surface area contributed by atoms with Gasteiger partial charge in [-0.25, -0.2) is 4.39 Å². The molecule has 1 heterocycles. The number of hydrogen-bond acceptors (Lipinski definition) is 4. The Hall–Kier alpha value is -3.64. The molecule has 7 heteroatoms. The summed E-state index contributed by atoms with van der Waals surface area (Å²) in [5, 5.41) is 3.48. The molecule has 1 aliphatic rings. The van der Waals surface area contributed by atoms with Crippen LogP contribution in [0.1, 0.15) is 11.1 Å². The summed E-state index contributed by atoms with van der Waals surface area (Å²) in [6.07, 6.45) is 0.517. The van der Waals surface area contributed by atoms with Gasteiger partial charge in [0.25, 0.3) is 11.8 Å². The number of benzene rings is 3. The second kappa shape index (κ2) is 9.24. The summed E-state index contributed by atoms with van der Waals surface area (Å²) in [6, 6.07) is 20.0. The highest BCUT2D eigenvalue weighted by molar-refractivity contribution is 6.36. The van der Waals surface area contributed by atoms with Gasteiger partial charge in [-0.3, -0.25) is 14.5 Å². The maximum absolute atomic E-state index is 13.5. The van der Waals surface area contributed by atoms with Crippen LogP contribution in [0.5, 0.6) is 5.75 Å². The van der Waals surface area contributed by atoms with Gasteiger partial charge in [-0.1, -0.05) is 54.1 Å². The van der Waals surface area contributed by atoms with E-state index < -0.39 is 17.6 Å². The molecule has 2 amide bonds. The molecule has 0 fully saturated rings. The Morgan fingerprint density at radius 1 is 0.969 bits per heavy atom. The van der Waals surface area contributed by atoms with E-state index in [0.29, 0.717) is 28.4 Å². The first-order chi connectivity index (χ1) is 15.5. The van der Waals surface area contributed by atoms with Crippen molar-refractivity contribution in [3.8, 4) is 5.75 Å². The number of rotatable bonds is 7. The summed E-state index contributed by atoms with van der Waals surface area (Å²) < 4.78 is 18.9.